The van der Waals surface area contributed by atoms with Gasteiger partial charge in [-0.2, -0.15) is 10.2 Å². The van der Waals surface area contributed by atoms with Gasteiger partial charge in [0.2, 0.25) is 0 Å². The van der Waals surface area contributed by atoms with Crippen LogP contribution in [-0.4, -0.2) is 29.9 Å². The molecular formula is C19H18N6. The summed E-state index contributed by atoms with van der Waals surface area (Å²) in [6, 6.07) is 12.4. The average Bonchev–Trinajstić information content (AvgIpc) is 3.23. The van der Waals surface area contributed by atoms with Crippen LogP contribution in [0.15, 0.2) is 48.8 Å². The fourth-order valence-corrected chi connectivity index (χ4v) is 2.85. The van der Waals surface area contributed by atoms with Crippen molar-refractivity contribution < 1.29 is 0 Å². The molecule has 1 aromatic carbocycles. The van der Waals surface area contributed by atoms with Gasteiger partial charge in [0.1, 0.15) is 5.82 Å². The predicted octanol–water partition coefficient (Wildman–Crippen LogP) is 3.55. The molecule has 0 saturated heterocycles. The summed E-state index contributed by atoms with van der Waals surface area (Å²) in [4.78, 5) is 9.14. The molecule has 3 aromatic heterocycles. The zero-order valence-corrected chi connectivity index (χ0v) is 14.4. The van der Waals surface area contributed by atoms with Crippen molar-refractivity contribution in [3.63, 3.8) is 0 Å². The van der Waals surface area contributed by atoms with Gasteiger partial charge in [-0.1, -0.05) is 18.2 Å². The van der Waals surface area contributed by atoms with Gasteiger partial charge in [-0.3, -0.25) is 14.8 Å². The van der Waals surface area contributed by atoms with Gasteiger partial charge < -0.3 is 0 Å². The molecule has 124 valence electrons. The van der Waals surface area contributed by atoms with Gasteiger partial charge in [0, 0.05) is 35.6 Å². The molecule has 0 radical (unpaired) electrons. The number of rotatable bonds is 3. The molecule has 0 saturated carbocycles. The molecule has 25 heavy (non-hydrogen) atoms. The van der Waals surface area contributed by atoms with E-state index in [1.54, 1.807) is 4.68 Å². The van der Waals surface area contributed by atoms with Crippen LogP contribution in [0.4, 0.5) is 0 Å². The van der Waals surface area contributed by atoms with Crippen molar-refractivity contribution >= 4 is 0 Å². The maximum Gasteiger partial charge on any atom is 0.182 e. The van der Waals surface area contributed by atoms with Gasteiger partial charge in [-0.25, -0.2) is 4.98 Å². The van der Waals surface area contributed by atoms with Gasteiger partial charge in [0.05, 0.1) is 11.9 Å². The van der Waals surface area contributed by atoms with E-state index in [9.17, 15) is 0 Å². The van der Waals surface area contributed by atoms with E-state index in [1.807, 2.05) is 51.5 Å². The Labute approximate surface area is 145 Å². The van der Waals surface area contributed by atoms with Gasteiger partial charge in [-0.05, 0) is 37.6 Å². The smallest absolute Gasteiger partial charge is 0.182 e. The third-order valence-electron chi connectivity index (χ3n) is 4.12. The minimum Gasteiger partial charge on any atom is -0.275 e. The molecule has 3 heterocycles. The van der Waals surface area contributed by atoms with Crippen LogP contribution in [0.5, 0.6) is 0 Å². The van der Waals surface area contributed by atoms with Crippen LogP contribution in [0.3, 0.4) is 0 Å². The standard InChI is InChI=1S/C19H18N6/c1-12-17(19-22-13(2)23-24-19)7-8-18(21-12)15-6-4-5-14(9-15)16-10-20-25(3)11-16/h4-11H,1-3H3,(H,22,23,24). The van der Waals surface area contributed by atoms with Crippen molar-refractivity contribution in [3.05, 3.63) is 60.3 Å². The van der Waals surface area contributed by atoms with Gasteiger partial charge in [0.15, 0.2) is 5.82 Å². The molecule has 1 N–H and O–H groups in total. The van der Waals surface area contributed by atoms with Crippen molar-refractivity contribution in [1.29, 1.82) is 0 Å². The molecule has 4 aromatic rings. The summed E-state index contributed by atoms with van der Waals surface area (Å²) < 4.78 is 1.80. The molecule has 0 aliphatic heterocycles. The lowest BCUT2D eigenvalue weighted by molar-refractivity contribution is 0.768. The number of nitrogens with one attached hydrogen (secondary N) is 1. The highest BCUT2D eigenvalue weighted by Gasteiger charge is 2.10. The van der Waals surface area contributed by atoms with Crippen molar-refractivity contribution in [2.45, 2.75) is 13.8 Å². The summed E-state index contributed by atoms with van der Waals surface area (Å²) in [6.45, 7) is 3.87. The van der Waals surface area contributed by atoms with Crippen molar-refractivity contribution in [1.82, 2.24) is 29.9 Å². The third kappa shape index (κ3) is 2.94. The largest absolute Gasteiger partial charge is 0.275 e. The first-order chi connectivity index (χ1) is 12.1. The molecule has 0 atom stereocenters. The van der Waals surface area contributed by atoms with E-state index in [0.29, 0.717) is 5.82 Å². The molecule has 4 rings (SSSR count). The summed E-state index contributed by atoms with van der Waals surface area (Å²) in [5.41, 5.74) is 6.06. The monoisotopic (exact) mass is 330 g/mol. The number of pyridine rings is 1. The van der Waals surface area contributed by atoms with Crippen LogP contribution < -0.4 is 0 Å². The summed E-state index contributed by atoms with van der Waals surface area (Å²) >= 11 is 0. The van der Waals surface area contributed by atoms with Gasteiger partial charge in [-0.15, -0.1) is 0 Å². The number of benzene rings is 1. The minimum atomic E-state index is 0.679. The second kappa shape index (κ2) is 5.98. The lowest BCUT2D eigenvalue weighted by Gasteiger charge is -2.07. The highest BCUT2D eigenvalue weighted by atomic mass is 15.2. The van der Waals surface area contributed by atoms with E-state index in [2.05, 4.69) is 38.5 Å². The highest BCUT2D eigenvalue weighted by molar-refractivity contribution is 5.72. The zero-order valence-electron chi connectivity index (χ0n) is 14.4. The summed E-state index contributed by atoms with van der Waals surface area (Å²) in [7, 11) is 1.92. The molecule has 0 spiro atoms. The van der Waals surface area contributed by atoms with Crippen LogP contribution in [0.2, 0.25) is 0 Å². The Morgan fingerprint density at radius 1 is 0.960 bits per heavy atom. The number of H-pyrrole nitrogens is 1. The summed E-state index contributed by atoms with van der Waals surface area (Å²) in [6.07, 6.45) is 3.87. The van der Waals surface area contributed by atoms with E-state index in [-0.39, 0.29) is 0 Å². The maximum atomic E-state index is 4.75. The molecule has 0 bridgehead atoms. The van der Waals surface area contributed by atoms with Crippen LogP contribution in [0.25, 0.3) is 33.8 Å². The molecular weight excluding hydrogens is 312 g/mol. The van der Waals surface area contributed by atoms with Crippen LogP contribution in [0.1, 0.15) is 11.5 Å². The Morgan fingerprint density at radius 3 is 2.48 bits per heavy atom. The van der Waals surface area contributed by atoms with E-state index < -0.39 is 0 Å². The summed E-state index contributed by atoms with van der Waals surface area (Å²) in [5, 5.41) is 11.3. The lowest BCUT2D eigenvalue weighted by atomic mass is 10.0. The summed E-state index contributed by atoms with van der Waals surface area (Å²) in [5.74, 6) is 1.47. The molecule has 0 amide bonds. The van der Waals surface area contributed by atoms with Crippen molar-refractivity contribution in [3.8, 4) is 33.8 Å². The molecule has 6 nitrogen and oxygen atoms in total. The fourth-order valence-electron chi connectivity index (χ4n) is 2.85. The normalized spacial score (nSPS) is 11.0. The Morgan fingerprint density at radius 2 is 1.80 bits per heavy atom. The molecule has 0 fully saturated rings. The Hall–Kier alpha value is -3.28. The Balaban J connectivity index is 1.72. The second-order valence-electron chi connectivity index (χ2n) is 6.06. The first-order valence-electron chi connectivity index (χ1n) is 8.06. The maximum absolute atomic E-state index is 4.75. The number of nitrogens with zero attached hydrogens (tertiary/aromatic N) is 5. The Bertz CT molecular complexity index is 1040. The average molecular weight is 330 g/mol. The van der Waals surface area contributed by atoms with Crippen LogP contribution in [-0.2, 0) is 7.05 Å². The minimum absolute atomic E-state index is 0.679. The fraction of sp³-hybridized carbons (Fsp3) is 0.158. The van der Waals surface area contributed by atoms with Crippen LogP contribution >= 0.6 is 0 Å². The number of hydrogen-bond donors (Lipinski definition) is 1. The molecule has 0 aliphatic rings. The van der Waals surface area contributed by atoms with E-state index >= 15 is 0 Å². The lowest BCUT2D eigenvalue weighted by Crippen LogP contribution is -1.93. The quantitative estimate of drug-likeness (QED) is 0.623. The first-order valence-corrected chi connectivity index (χ1v) is 8.06. The SMILES string of the molecule is Cc1nc(-c2ccc(-c3cccc(-c4cnn(C)c4)c3)nc2C)n[nH]1. The van der Waals surface area contributed by atoms with E-state index in [1.165, 1.54) is 0 Å². The van der Waals surface area contributed by atoms with Crippen molar-refractivity contribution in [2.75, 3.05) is 0 Å². The number of aromatic nitrogens is 6. The topological polar surface area (TPSA) is 72.3 Å². The molecule has 0 unspecified atom stereocenters. The van der Waals surface area contributed by atoms with Crippen LogP contribution in [0, 0.1) is 13.8 Å². The number of hydrogen-bond acceptors (Lipinski definition) is 4. The highest BCUT2D eigenvalue weighted by Crippen LogP contribution is 2.27. The predicted molar refractivity (Wildman–Crippen MR) is 96.7 cm³/mol. The Kier molecular flexibility index (Phi) is 3.65. The van der Waals surface area contributed by atoms with Crippen molar-refractivity contribution in [2.24, 2.45) is 7.05 Å². The second-order valence-corrected chi connectivity index (χ2v) is 6.06. The first kappa shape index (κ1) is 15.3. The number of aryl methyl sites for hydroxylation is 3. The zero-order chi connectivity index (χ0) is 17.4. The molecule has 0 aliphatic carbocycles. The van der Waals surface area contributed by atoms with E-state index in [4.69, 9.17) is 4.98 Å². The molecule has 6 heteroatoms. The van der Waals surface area contributed by atoms with Gasteiger partial charge in [0.25, 0.3) is 0 Å². The van der Waals surface area contributed by atoms with Gasteiger partial charge >= 0.3 is 0 Å². The third-order valence-corrected chi connectivity index (χ3v) is 4.12. The number of aromatic amines is 1. The van der Waals surface area contributed by atoms with E-state index in [0.717, 1.165) is 39.5 Å².